The van der Waals surface area contributed by atoms with Crippen LogP contribution in [0.4, 0.5) is 0 Å². The van der Waals surface area contributed by atoms with Crippen molar-refractivity contribution in [2.75, 3.05) is 0 Å². The fourth-order valence-electron chi connectivity index (χ4n) is 0.519. The Morgan fingerprint density at radius 1 is 1.40 bits per heavy atom. The highest BCUT2D eigenvalue weighted by atomic mass is 14.7. The second-order valence-corrected chi connectivity index (χ2v) is 2.21. The van der Waals surface area contributed by atoms with Crippen molar-refractivity contribution in [2.45, 2.75) is 20.8 Å². The van der Waals surface area contributed by atoms with E-state index in [1.54, 1.807) is 0 Å². The predicted octanol–water partition coefficient (Wildman–Crippen LogP) is 1.84. The largest absolute Gasteiger partial charge is 0.402 e. The average Bonchev–Trinajstić information content (AvgIpc) is 1.87. The maximum atomic E-state index is 5.53. The molecule has 0 heterocycles. The van der Waals surface area contributed by atoms with Crippen LogP contribution >= 0.6 is 0 Å². The van der Waals surface area contributed by atoms with Gasteiger partial charge in [0.05, 0.1) is 0 Å². The van der Waals surface area contributed by atoms with Gasteiger partial charge in [-0.15, -0.1) is 0 Å². The Hall–Kier alpha value is -1.05. The zero-order valence-corrected chi connectivity index (χ0v) is 6.81. The van der Waals surface area contributed by atoms with Crippen molar-refractivity contribution in [1.29, 1.82) is 0 Å². The van der Waals surface area contributed by atoms with E-state index >= 15 is 0 Å². The third-order valence-corrected chi connectivity index (χ3v) is 1.42. The second-order valence-electron chi connectivity index (χ2n) is 2.21. The molecule has 2 N–H and O–H groups in total. The predicted molar refractivity (Wildman–Crippen MR) is 45.9 cm³/mol. The Morgan fingerprint density at radius 2 is 1.90 bits per heavy atom. The van der Waals surface area contributed by atoms with E-state index in [1.165, 1.54) is 6.20 Å². The van der Waals surface area contributed by atoms with Crippen LogP contribution in [0.2, 0.25) is 0 Å². The molecular formula is C8H14N2. The summed E-state index contributed by atoms with van der Waals surface area (Å²) in [7, 11) is 0. The van der Waals surface area contributed by atoms with Crippen LogP contribution in [0.15, 0.2) is 29.0 Å². The molecule has 0 radical (unpaired) electrons. The van der Waals surface area contributed by atoms with Crippen LogP contribution in [0.5, 0.6) is 0 Å². The zero-order chi connectivity index (χ0) is 8.15. The first-order valence-corrected chi connectivity index (χ1v) is 3.18. The van der Waals surface area contributed by atoms with Crippen molar-refractivity contribution < 1.29 is 0 Å². The molecule has 0 aromatic carbocycles. The third kappa shape index (κ3) is 2.49. The Kier molecular flexibility index (Phi) is 3.47. The highest BCUT2D eigenvalue weighted by Gasteiger charge is 1.94. The minimum absolute atomic E-state index is 0.808. The topological polar surface area (TPSA) is 38.4 Å². The zero-order valence-electron chi connectivity index (χ0n) is 6.81. The van der Waals surface area contributed by atoms with Gasteiger partial charge >= 0.3 is 0 Å². The van der Waals surface area contributed by atoms with E-state index in [0.717, 1.165) is 17.0 Å². The van der Waals surface area contributed by atoms with Crippen LogP contribution in [0.3, 0.4) is 0 Å². The Balaban J connectivity index is 4.51. The first-order chi connectivity index (χ1) is 4.59. The second kappa shape index (κ2) is 3.88. The van der Waals surface area contributed by atoms with Crippen LogP contribution in [0.1, 0.15) is 20.8 Å². The molecule has 0 atom stereocenters. The van der Waals surface area contributed by atoms with E-state index in [-0.39, 0.29) is 0 Å². The lowest BCUT2D eigenvalue weighted by atomic mass is 10.2. The third-order valence-electron chi connectivity index (χ3n) is 1.42. The SMILES string of the molecule is C=CN=C(C)/C(C)=C(/C)N. The molecule has 0 saturated carbocycles. The number of aliphatic imine (C=N–C) groups is 1. The molecule has 0 aliphatic heterocycles. The van der Waals surface area contributed by atoms with Crippen molar-refractivity contribution in [1.82, 2.24) is 0 Å². The van der Waals surface area contributed by atoms with Crippen LogP contribution in [0, 0.1) is 0 Å². The molecule has 0 aliphatic carbocycles. The van der Waals surface area contributed by atoms with Gasteiger partial charge < -0.3 is 5.73 Å². The first kappa shape index (κ1) is 8.95. The molecule has 0 saturated heterocycles. The minimum atomic E-state index is 0.808. The number of rotatable bonds is 2. The van der Waals surface area contributed by atoms with Crippen LogP contribution in [0.25, 0.3) is 0 Å². The van der Waals surface area contributed by atoms with E-state index < -0.39 is 0 Å². The molecule has 0 unspecified atom stereocenters. The van der Waals surface area contributed by atoms with Gasteiger partial charge in [0, 0.05) is 17.6 Å². The van der Waals surface area contributed by atoms with Crippen molar-refractivity contribution in [3.8, 4) is 0 Å². The quantitative estimate of drug-likeness (QED) is 0.581. The number of hydrogen-bond donors (Lipinski definition) is 1. The molecule has 0 bridgehead atoms. The van der Waals surface area contributed by atoms with Crippen molar-refractivity contribution in [3.63, 3.8) is 0 Å². The number of nitrogens with two attached hydrogens (primary N) is 1. The van der Waals surface area contributed by atoms with Gasteiger partial charge in [0.25, 0.3) is 0 Å². The fourth-order valence-corrected chi connectivity index (χ4v) is 0.519. The summed E-state index contributed by atoms with van der Waals surface area (Å²) in [6.45, 7) is 9.20. The summed E-state index contributed by atoms with van der Waals surface area (Å²) in [5.74, 6) is 0. The van der Waals surface area contributed by atoms with E-state index in [2.05, 4.69) is 11.6 Å². The van der Waals surface area contributed by atoms with Gasteiger partial charge in [-0.25, -0.2) is 0 Å². The molecule has 56 valence electrons. The van der Waals surface area contributed by atoms with Crippen molar-refractivity contribution in [3.05, 3.63) is 24.0 Å². The molecule has 0 rings (SSSR count). The molecule has 2 nitrogen and oxygen atoms in total. The molecule has 0 aromatic rings. The highest BCUT2D eigenvalue weighted by molar-refractivity contribution is 5.98. The maximum Gasteiger partial charge on any atom is 0.0418 e. The average molecular weight is 138 g/mol. The number of allylic oxidation sites excluding steroid dienone is 2. The van der Waals surface area contributed by atoms with Crippen molar-refractivity contribution >= 4 is 5.71 Å². The molecule has 0 aromatic heterocycles. The first-order valence-electron chi connectivity index (χ1n) is 3.18. The van der Waals surface area contributed by atoms with Crippen LogP contribution in [-0.2, 0) is 0 Å². The fraction of sp³-hybridized carbons (Fsp3) is 0.375. The maximum absolute atomic E-state index is 5.53. The highest BCUT2D eigenvalue weighted by Crippen LogP contribution is 1.99. The van der Waals surface area contributed by atoms with Gasteiger partial charge in [-0.3, -0.25) is 4.99 Å². The summed E-state index contributed by atoms with van der Waals surface area (Å²) in [6, 6.07) is 0. The smallest absolute Gasteiger partial charge is 0.0418 e. The lowest BCUT2D eigenvalue weighted by Gasteiger charge is -2.00. The Labute approximate surface area is 62.1 Å². The Morgan fingerprint density at radius 3 is 2.20 bits per heavy atom. The van der Waals surface area contributed by atoms with E-state index in [1.807, 2.05) is 20.8 Å². The van der Waals surface area contributed by atoms with Crippen LogP contribution < -0.4 is 5.73 Å². The molecule has 0 amide bonds. The van der Waals surface area contributed by atoms with E-state index in [4.69, 9.17) is 5.73 Å². The summed E-state index contributed by atoms with van der Waals surface area (Å²) in [6.07, 6.45) is 1.52. The molecule has 10 heavy (non-hydrogen) atoms. The van der Waals surface area contributed by atoms with Crippen LogP contribution in [-0.4, -0.2) is 5.71 Å². The van der Waals surface area contributed by atoms with Gasteiger partial charge in [-0.1, -0.05) is 6.58 Å². The molecular weight excluding hydrogens is 124 g/mol. The summed E-state index contributed by atoms with van der Waals surface area (Å²) in [5, 5.41) is 0. The lowest BCUT2D eigenvalue weighted by molar-refractivity contribution is 1.25. The minimum Gasteiger partial charge on any atom is -0.402 e. The van der Waals surface area contributed by atoms with Gasteiger partial charge in [0.2, 0.25) is 0 Å². The summed E-state index contributed by atoms with van der Waals surface area (Å²) in [5.41, 5.74) is 8.29. The molecule has 2 heteroatoms. The van der Waals surface area contributed by atoms with E-state index in [9.17, 15) is 0 Å². The lowest BCUT2D eigenvalue weighted by Crippen LogP contribution is -2.02. The number of nitrogens with zero attached hydrogens (tertiary/aromatic N) is 1. The van der Waals surface area contributed by atoms with E-state index in [0.29, 0.717) is 0 Å². The summed E-state index contributed by atoms with van der Waals surface area (Å²) >= 11 is 0. The standard InChI is InChI=1S/C8H14N2/c1-5-10-8(4)6(2)7(3)9/h5H,1,9H2,2-4H3/b7-6-,10-8?. The summed E-state index contributed by atoms with van der Waals surface area (Å²) < 4.78 is 0. The van der Waals surface area contributed by atoms with Crippen molar-refractivity contribution in [2.24, 2.45) is 10.7 Å². The molecule has 0 aliphatic rings. The normalized spacial score (nSPS) is 14.5. The monoisotopic (exact) mass is 138 g/mol. The molecule has 0 spiro atoms. The van der Waals surface area contributed by atoms with Gasteiger partial charge in [-0.2, -0.15) is 0 Å². The number of hydrogen-bond acceptors (Lipinski definition) is 2. The summed E-state index contributed by atoms with van der Waals surface area (Å²) in [4.78, 5) is 3.99. The van der Waals surface area contributed by atoms with Gasteiger partial charge in [0.15, 0.2) is 0 Å². The van der Waals surface area contributed by atoms with Gasteiger partial charge in [0.1, 0.15) is 0 Å². The Bertz CT molecular complexity index is 183. The van der Waals surface area contributed by atoms with Gasteiger partial charge in [-0.05, 0) is 26.3 Å². The molecule has 0 fully saturated rings.